The molecular formula is C8H9I2NO. The van der Waals surface area contributed by atoms with Crippen LogP contribution in [-0.2, 0) is 6.54 Å². The quantitative estimate of drug-likeness (QED) is 0.789. The highest BCUT2D eigenvalue weighted by Crippen LogP contribution is 2.28. The fraction of sp³-hybridized carbons (Fsp3) is 0.250. The number of benzene rings is 1. The van der Waals surface area contributed by atoms with Crippen LogP contribution in [0.3, 0.4) is 0 Å². The molecule has 2 N–H and O–H groups in total. The third-order valence-corrected chi connectivity index (χ3v) is 4.90. The monoisotopic (exact) mass is 389 g/mol. The van der Waals surface area contributed by atoms with Crippen molar-refractivity contribution in [2.45, 2.75) is 6.54 Å². The minimum absolute atomic E-state index is 0.582. The molecule has 0 aliphatic carbocycles. The normalized spacial score (nSPS) is 10.0. The number of nitrogens with two attached hydrogens (primary N) is 1. The molecule has 1 rings (SSSR count). The minimum atomic E-state index is 0.582. The van der Waals surface area contributed by atoms with E-state index in [1.165, 1.54) is 9.13 Å². The van der Waals surface area contributed by atoms with Crippen LogP contribution in [0.2, 0.25) is 0 Å². The van der Waals surface area contributed by atoms with Crippen LogP contribution in [0, 0.1) is 7.14 Å². The third-order valence-electron chi connectivity index (χ3n) is 1.57. The van der Waals surface area contributed by atoms with Gasteiger partial charge in [-0.2, -0.15) is 0 Å². The molecule has 0 amide bonds. The van der Waals surface area contributed by atoms with Crippen molar-refractivity contribution in [3.8, 4) is 5.75 Å². The number of hydrogen-bond donors (Lipinski definition) is 1. The van der Waals surface area contributed by atoms with Crippen molar-refractivity contribution in [1.29, 1.82) is 0 Å². The first-order valence-corrected chi connectivity index (χ1v) is 5.57. The maximum Gasteiger partial charge on any atom is 0.133 e. The number of ether oxygens (including phenoxy) is 1. The van der Waals surface area contributed by atoms with Gasteiger partial charge in [-0.25, -0.2) is 0 Å². The topological polar surface area (TPSA) is 35.2 Å². The van der Waals surface area contributed by atoms with Gasteiger partial charge in [-0.15, -0.1) is 0 Å². The van der Waals surface area contributed by atoms with E-state index in [0.29, 0.717) is 6.54 Å². The van der Waals surface area contributed by atoms with Crippen molar-refractivity contribution in [3.63, 3.8) is 0 Å². The average Bonchev–Trinajstić information content (AvgIpc) is 2.10. The van der Waals surface area contributed by atoms with Crippen molar-refractivity contribution in [2.24, 2.45) is 5.73 Å². The van der Waals surface area contributed by atoms with Crippen molar-refractivity contribution in [3.05, 3.63) is 24.8 Å². The largest absolute Gasteiger partial charge is 0.496 e. The summed E-state index contributed by atoms with van der Waals surface area (Å²) < 4.78 is 7.50. The van der Waals surface area contributed by atoms with Crippen LogP contribution in [0.25, 0.3) is 0 Å². The Bertz CT molecular complexity index is 260. The maximum atomic E-state index is 5.56. The molecule has 0 saturated carbocycles. The summed E-state index contributed by atoms with van der Waals surface area (Å²) in [6.45, 7) is 0.582. The molecule has 12 heavy (non-hydrogen) atoms. The molecular weight excluding hydrogens is 380 g/mol. The summed E-state index contributed by atoms with van der Waals surface area (Å²) in [5, 5.41) is 0. The molecule has 0 heterocycles. The number of hydrogen-bond acceptors (Lipinski definition) is 2. The zero-order valence-electron chi connectivity index (χ0n) is 6.60. The van der Waals surface area contributed by atoms with Gasteiger partial charge >= 0.3 is 0 Å². The van der Waals surface area contributed by atoms with Crippen LogP contribution >= 0.6 is 45.2 Å². The van der Waals surface area contributed by atoms with Gasteiger partial charge in [0.2, 0.25) is 0 Å². The van der Waals surface area contributed by atoms with Gasteiger partial charge in [0, 0.05) is 10.1 Å². The van der Waals surface area contributed by atoms with Crippen molar-refractivity contribution in [1.82, 2.24) is 0 Å². The molecule has 0 aliphatic heterocycles. The minimum Gasteiger partial charge on any atom is -0.496 e. The zero-order chi connectivity index (χ0) is 9.14. The van der Waals surface area contributed by atoms with Gasteiger partial charge in [-0.3, -0.25) is 0 Å². The summed E-state index contributed by atoms with van der Waals surface area (Å²) >= 11 is 4.55. The molecule has 0 spiro atoms. The molecule has 0 saturated heterocycles. The van der Waals surface area contributed by atoms with Crippen LogP contribution < -0.4 is 10.5 Å². The Labute approximate surface area is 99.1 Å². The van der Waals surface area contributed by atoms with Crippen LogP contribution in [0.4, 0.5) is 0 Å². The first-order chi connectivity index (χ1) is 5.70. The second-order valence-corrected chi connectivity index (χ2v) is 4.42. The summed E-state index contributed by atoms with van der Waals surface area (Å²) in [4.78, 5) is 0. The average molecular weight is 389 g/mol. The molecule has 0 bridgehead atoms. The fourth-order valence-electron chi connectivity index (χ4n) is 0.887. The van der Waals surface area contributed by atoms with Gasteiger partial charge in [-0.05, 0) is 56.8 Å². The van der Waals surface area contributed by atoms with E-state index in [2.05, 4.69) is 45.2 Å². The van der Waals surface area contributed by atoms with Crippen LogP contribution in [-0.4, -0.2) is 7.11 Å². The summed E-state index contributed by atoms with van der Waals surface area (Å²) in [5.41, 5.74) is 6.73. The Morgan fingerprint density at radius 2 is 2.00 bits per heavy atom. The highest BCUT2D eigenvalue weighted by atomic mass is 127. The Kier molecular flexibility index (Phi) is 4.04. The summed E-state index contributed by atoms with van der Waals surface area (Å²) in [6.07, 6.45) is 0. The van der Waals surface area contributed by atoms with Gasteiger partial charge in [0.05, 0.1) is 10.7 Å². The SMILES string of the molecule is COc1ccc(CN)c(I)c1I. The molecule has 1 aromatic carbocycles. The molecule has 66 valence electrons. The van der Waals surface area contributed by atoms with Crippen molar-refractivity contribution < 1.29 is 4.74 Å². The molecule has 4 heteroatoms. The van der Waals surface area contributed by atoms with Crippen molar-refractivity contribution in [2.75, 3.05) is 7.11 Å². The molecule has 1 aromatic rings. The predicted octanol–water partition coefficient (Wildman–Crippen LogP) is 2.36. The Morgan fingerprint density at radius 1 is 1.33 bits per heavy atom. The summed E-state index contributed by atoms with van der Waals surface area (Å²) in [6, 6.07) is 3.95. The lowest BCUT2D eigenvalue weighted by molar-refractivity contribution is 0.411. The smallest absolute Gasteiger partial charge is 0.133 e. The van der Waals surface area contributed by atoms with Crippen LogP contribution in [0.1, 0.15) is 5.56 Å². The van der Waals surface area contributed by atoms with Gasteiger partial charge < -0.3 is 10.5 Å². The zero-order valence-corrected chi connectivity index (χ0v) is 10.9. The third kappa shape index (κ3) is 2.02. The second kappa shape index (κ2) is 4.61. The lowest BCUT2D eigenvalue weighted by atomic mass is 10.2. The van der Waals surface area contributed by atoms with Gasteiger partial charge in [-0.1, -0.05) is 6.07 Å². The fourth-order valence-corrected chi connectivity index (χ4v) is 2.30. The molecule has 0 atom stereocenters. The first-order valence-electron chi connectivity index (χ1n) is 3.41. The van der Waals surface area contributed by atoms with Crippen molar-refractivity contribution >= 4 is 45.2 Å². The van der Waals surface area contributed by atoms with Crippen LogP contribution in [0.15, 0.2) is 12.1 Å². The molecule has 0 aliphatic rings. The van der Waals surface area contributed by atoms with E-state index in [-0.39, 0.29) is 0 Å². The van der Waals surface area contributed by atoms with Crippen LogP contribution in [0.5, 0.6) is 5.75 Å². The number of methoxy groups -OCH3 is 1. The van der Waals surface area contributed by atoms with E-state index in [1.54, 1.807) is 7.11 Å². The standard InChI is InChI=1S/C8H9I2NO/c1-12-6-3-2-5(4-11)7(9)8(6)10/h2-3H,4,11H2,1H3. The first kappa shape index (κ1) is 10.5. The molecule has 0 aromatic heterocycles. The number of halogens is 2. The van der Waals surface area contributed by atoms with Gasteiger partial charge in [0.15, 0.2) is 0 Å². The molecule has 0 unspecified atom stereocenters. The lowest BCUT2D eigenvalue weighted by Crippen LogP contribution is -2.01. The lowest BCUT2D eigenvalue weighted by Gasteiger charge is -2.08. The Balaban J connectivity index is 3.20. The summed E-state index contributed by atoms with van der Waals surface area (Å²) in [7, 11) is 1.68. The highest BCUT2D eigenvalue weighted by Gasteiger charge is 2.07. The Morgan fingerprint density at radius 3 is 2.50 bits per heavy atom. The second-order valence-electron chi connectivity index (χ2n) is 2.26. The van der Waals surface area contributed by atoms with Gasteiger partial charge in [0.1, 0.15) is 5.75 Å². The maximum absolute atomic E-state index is 5.56. The molecule has 2 nitrogen and oxygen atoms in total. The highest BCUT2D eigenvalue weighted by molar-refractivity contribution is 14.1. The van der Waals surface area contributed by atoms with E-state index >= 15 is 0 Å². The van der Waals surface area contributed by atoms with E-state index in [0.717, 1.165) is 9.32 Å². The van der Waals surface area contributed by atoms with E-state index in [1.807, 2.05) is 12.1 Å². The number of rotatable bonds is 2. The summed E-state index contributed by atoms with van der Waals surface area (Å²) in [5.74, 6) is 0.914. The Hall–Kier alpha value is 0.440. The predicted molar refractivity (Wildman–Crippen MR) is 66.3 cm³/mol. The van der Waals surface area contributed by atoms with Gasteiger partial charge in [0.25, 0.3) is 0 Å². The molecule has 0 fully saturated rings. The molecule has 0 radical (unpaired) electrons. The van der Waals surface area contributed by atoms with E-state index in [4.69, 9.17) is 10.5 Å². The van der Waals surface area contributed by atoms with E-state index < -0.39 is 0 Å². The van der Waals surface area contributed by atoms with E-state index in [9.17, 15) is 0 Å².